The van der Waals surface area contributed by atoms with E-state index >= 15 is 4.39 Å². The van der Waals surface area contributed by atoms with Gasteiger partial charge in [-0.3, -0.25) is 4.18 Å². The molecule has 0 N–H and O–H groups in total. The van der Waals surface area contributed by atoms with Gasteiger partial charge in [-0.15, -0.1) is 0 Å². The molecule has 0 aromatic heterocycles. The van der Waals surface area contributed by atoms with Crippen LogP contribution in [0.3, 0.4) is 0 Å². The van der Waals surface area contributed by atoms with Crippen LogP contribution < -0.4 is 4.74 Å². The van der Waals surface area contributed by atoms with E-state index in [0.717, 1.165) is 34.9 Å². The summed E-state index contributed by atoms with van der Waals surface area (Å²) in [4.78, 5) is 0. The minimum atomic E-state index is -3.72. The molecule has 0 spiro atoms. The molecule has 0 bridgehead atoms. The number of hydrogen-bond acceptors (Lipinski definition) is 4. The Hall–Kier alpha value is -3.48. The first-order chi connectivity index (χ1) is 17.6. The summed E-state index contributed by atoms with van der Waals surface area (Å²) in [5.74, 6) is -0.353. The standard InChI is InChI=1S/C31H31FO4S/c1-6-22-13-15-23(16-14-22)25-9-7-11-27(20(25)2)28-12-8-10-26(21(28)3)24-17-30(32)29(31(18-24)35-4)19-36-37(5,33)34/h7-18H,6,19H2,1-5H3. The predicted molar refractivity (Wildman–Crippen MR) is 148 cm³/mol. The second kappa shape index (κ2) is 10.9. The molecular weight excluding hydrogens is 487 g/mol. The van der Waals surface area contributed by atoms with Gasteiger partial charge < -0.3 is 4.74 Å². The molecule has 0 saturated heterocycles. The molecule has 0 aliphatic carbocycles. The highest BCUT2D eigenvalue weighted by atomic mass is 32.2. The summed E-state index contributed by atoms with van der Waals surface area (Å²) in [5.41, 5.74) is 9.56. The van der Waals surface area contributed by atoms with Crippen molar-refractivity contribution < 1.29 is 21.7 Å². The molecule has 0 aliphatic rings. The molecule has 0 atom stereocenters. The van der Waals surface area contributed by atoms with Crippen molar-refractivity contribution in [1.82, 2.24) is 0 Å². The van der Waals surface area contributed by atoms with Crippen LogP contribution in [0, 0.1) is 19.7 Å². The summed E-state index contributed by atoms with van der Waals surface area (Å²) in [7, 11) is -2.30. The minimum Gasteiger partial charge on any atom is -0.496 e. The lowest BCUT2D eigenvalue weighted by molar-refractivity contribution is 0.295. The lowest BCUT2D eigenvalue weighted by Gasteiger charge is -2.18. The van der Waals surface area contributed by atoms with Crippen molar-refractivity contribution in [3.8, 4) is 39.1 Å². The topological polar surface area (TPSA) is 52.6 Å². The lowest BCUT2D eigenvalue weighted by Crippen LogP contribution is -2.06. The second-order valence-corrected chi connectivity index (χ2v) is 10.8. The van der Waals surface area contributed by atoms with Gasteiger partial charge in [0.05, 0.1) is 25.5 Å². The maximum absolute atomic E-state index is 15.1. The molecule has 0 fully saturated rings. The highest BCUT2D eigenvalue weighted by molar-refractivity contribution is 7.85. The molecule has 0 amide bonds. The first-order valence-electron chi connectivity index (χ1n) is 12.1. The van der Waals surface area contributed by atoms with Crippen LogP contribution in [-0.2, 0) is 27.3 Å². The fraction of sp³-hybridized carbons (Fsp3) is 0.226. The van der Waals surface area contributed by atoms with Crippen LogP contribution in [0.15, 0.2) is 72.8 Å². The van der Waals surface area contributed by atoms with Gasteiger partial charge in [-0.05, 0) is 82.5 Å². The highest BCUT2D eigenvalue weighted by Crippen LogP contribution is 2.38. The van der Waals surface area contributed by atoms with Crippen molar-refractivity contribution in [3.05, 3.63) is 101 Å². The molecule has 4 aromatic rings. The number of hydrogen-bond donors (Lipinski definition) is 0. The SMILES string of the molecule is CCc1ccc(-c2cccc(-c3cccc(-c4cc(F)c(COS(C)(=O)=O)c(OC)c4)c3C)c2C)cc1. The quantitative estimate of drug-likeness (QED) is 0.227. The third-order valence-corrected chi connectivity index (χ3v) is 7.28. The molecule has 6 heteroatoms. The Bertz CT molecular complexity index is 1540. The third-order valence-electron chi connectivity index (χ3n) is 6.73. The predicted octanol–water partition coefficient (Wildman–Crippen LogP) is 7.49. The summed E-state index contributed by atoms with van der Waals surface area (Å²) in [6.45, 7) is 5.87. The Balaban J connectivity index is 1.77. The van der Waals surface area contributed by atoms with Gasteiger partial charge in [0, 0.05) is 0 Å². The van der Waals surface area contributed by atoms with E-state index in [9.17, 15) is 8.42 Å². The molecule has 0 saturated carbocycles. The molecule has 4 nitrogen and oxygen atoms in total. The van der Waals surface area contributed by atoms with Crippen LogP contribution in [0.2, 0.25) is 0 Å². The van der Waals surface area contributed by atoms with Crippen LogP contribution in [0.25, 0.3) is 33.4 Å². The van der Waals surface area contributed by atoms with Crippen molar-refractivity contribution in [2.45, 2.75) is 33.8 Å². The van der Waals surface area contributed by atoms with Gasteiger partial charge in [-0.25, -0.2) is 4.39 Å². The van der Waals surface area contributed by atoms with Crippen LogP contribution in [0.4, 0.5) is 4.39 Å². The zero-order valence-corrected chi connectivity index (χ0v) is 22.6. The van der Waals surface area contributed by atoms with E-state index in [1.165, 1.54) is 35.4 Å². The van der Waals surface area contributed by atoms with Crippen molar-refractivity contribution in [3.63, 3.8) is 0 Å². The molecule has 37 heavy (non-hydrogen) atoms. The van der Waals surface area contributed by atoms with Crippen molar-refractivity contribution >= 4 is 10.1 Å². The average Bonchev–Trinajstić information content (AvgIpc) is 2.87. The molecule has 4 aromatic carbocycles. The zero-order chi connectivity index (χ0) is 26.7. The van der Waals surface area contributed by atoms with Crippen molar-refractivity contribution in [1.29, 1.82) is 0 Å². The Morgan fingerprint density at radius 3 is 1.84 bits per heavy atom. The molecule has 0 unspecified atom stereocenters. The van der Waals surface area contributed by atoms with E-state index < -0.39 is 22.5 Å². The number of benzene rings is 4. The zero-order valence-electron chi connectivity index (χ0n) is 21.8. The maximum Gasteiger partial charge on any atom is 0.264 e. The van der Waals surface area contributed by atoms with Gasteiger partial charge in [0.15, 0.2) is 0 Å². The Morgan fingerprint density at radius 2 is 1.32 bits per heavy atom. The van der Waals surface area contributed by atoms with E-state index in [1.54, 1.807) is 6.07 Å². The number of halogens is 1. The monoisotopic (exact) mass is 518 g/mol. The van der Waals surface area contributed by atoms with Gasteiger partial charge in [-0.2, -0.15) is 8.42 Å². The average molecular weight is 519 g/mol. The van der Waals surface area contributed by atoms with Gasteiger partial charge >= 0.3 is 0 Å². The smallest absolute Gasteiger partial charge is 0.264 e. The molecule has 0 radical (unpaired) electrons. The number of ether oxygens (including phenoxy) is 1. The summed E-state index contributed by atoms with van der Waals surface area (Å²) < 4.78 is 48.1. The third kappa shape index (κ3) is 5.76. The van der Waals surface area contributed by atoms with Crippen LogP contribution in [0.1, 0.15) is 29.2 Å². The van der Waals surface area contributed by atoms with Gasteiger partial charge in [0.2, 0.25) is 0 Å². The molecule has 0 aliphatic heterocycles. The summed E-state index contributed by atoms with van der Waals surface area (Å²) in [6.07, 6.45) is 1.93. The normalized spacial score (nSPS) is 11.5. The van der Waals surface area contributed by atoms with Gasteiger partial charge in [0.1, 0.15) is 11.6 Å². The van der Waals surface area contributed by atoms with E-state index in [-0.39, 0.29) is 11.3 Å². The van der Waals surface area contributed by atoms with E-state index in [4.69, 9.17) is 8.92 Å². The Kier molecular flexibility index (Phi) is 7.81. The fourth-order valence-electron chi connectivity index (χ4n) is 4.66. The van der Waals surface area contributed by atoms with E-state index in [0.29, 0.717) is 5.56 Å². The largest absolute Gasteiger partial charge is 0.496 e. The first kappa shape index (κ1) is 26.6. The number of methoxy groups -OCH3 is 1. The van der Waals surface area contributed by atoms with Crippen LogP contribution in [0.5, 0.6) is 5.75 Å². The summed E-state index contributed by atoms with van der Waals surface area (Å²) in [5, 5.41) is 0. The minimum absolute atomic E-state index is 0.0584. The number of rotatable bonds is 8. The fourth-order valence-corrected chi connectivity index (χ4v) is 4.99. The molecular formula is C31H31FO4S. The summed E-state index contributed by atoms with van der Waals surface area (Å²) in [6, 6.07) is 24.1. The molecule has 0 heterocycles. The lowest BCUT2D eigenvalue weighted by atomic mass is 9.87. The van der Waals surface area contributed by atoms with Crippen LogP contribution in [-0.4, -0.2) is 21.8 Å². The molecule has 192 valence electrons. The van der Waals surface area contributed by atoms with Crippen molar-refractivity contribution in [2.24, 2.45) is 0 Å². The Labute approximate surface area is 218 Å². The second-order valence-electron chi connectivity index (χ2n) is 9.11. The van der Waals surface area contributed by atoms with Crippen molar-refractivity contribution in [2.75, 3.05) is 13.4 Å². The van der Waals surface area contributed by atoms with E-state index in [2.05, 4.69) is 62.4 Å². The maximum atomic E-state index is 15.1. The van der Waals surface area contributed by atoms with E-state index in [1.807, 2.05) is 19.1 Å². The molecule has 4 rings (SSSR count). The van der Waals surface area contributed by atoms with Crippen LogP contribution >= 0.6 is 0 Å². The highest BCUT2D eigenvalue weighted by Gasteiger charge is 2.18. The Morgan fingerprint density at radius 1 is 0.784 bits per heavy atom. The van der Waals surface area contributed by atoms with Gasteiger partial charge in [0.25, 0.3) is 10.1 Å². The van der Waals surface area contributed by atoms with Gasteiger partial charge in [-0.1, -0.05) is 67.6 Å². The summed E-state index contributed by atoms with van der Waals surface area (Å²) >= 11 is 0. The number of aryl methyl sites for hydroxylation is 1. The first-order valence-corrected chi connectivity index (χ1v) is 13.9.